The van der Waals surface area contributed by atoms with E-state index in [4.69, 9.17) is 4.74 Å². The molecule has 4 aromatic rings. The molecule has 0 aliphatic heterocycles. The number of aromatic hydroxyl groups is 1. The van der Waals surface area contributed by atoms with E-state index < -0.39 is 0 Å². The first-order chi connectivity index (χ1) is 12.7. The first kappa shape index (κ1) is 16.3. The molecule has 1 aromatic carbocycles. The molecule has 26 heavy (non-hydrogen) atoms. The summed E-state index contributed by atoms with van der Waals surface area (Å²) in [5.74, 6) is 1.04. The number of aromatic nitrogens is 5. The highest BCUT2D eigenvalue weighted by Crippen LogP contribution is 2.23. The summed E-state index contributed by atoms with van der Waals surface area (Å²) >= 11 is 0. The maximum absolute atomic E-state index is 9.69. The Labute approximate surface area is 149 Å². The molecule has 0 bridgehead atoms. The van der Waals surface area contributed by atoms with Gasteiger partial charge in [-0.15, -0.1) is 0 Å². The van der Waals surface area contributed by atoms with Crippen LogP contribution in [-0.2, 0) is 17.7 Å². The standard InChI is InChI=1S/C18H20N6O2/c1-26-7-6-24-10-15-17(21-11-22-18(15)23-24)19-5-4-12-9-20-16-3-2-13(25)8-14(12)16/h2-3,8-11,20,25H,4-7H2,1H3,(H,19,21,22,23). The Morgan fingerprint density at radius 3 is 3.08 bits per heavy atom. The van der Waals surface area contributed by atoms with Crippen molar-refractivity contribution >= 4 is 27.8 Å². The molecule has 0 amide bonds. The van der Waals surface area contributed by atoms with E-state index in [0.29, 0.717) is 25.3 Å². The third-order valence-corrected chi connectivity index (χ3v) is 4.33. The summed E-state index contributed by atoms with van der Waals surface area (Å²) in [4.78, 5) is 11.8. The fraction of sp³-hybridized carbons (Fsp3) is 0.278. The number of H-pyrrole nitrogens is 1. The second kappa shape index (κ2) is 7.01. The maximum atomic E-state index is 9.69. The number of aromatic amines is 1. The second-order valence-electron chi connectivity index (χ2n) is 6.07. The Bertz CT molecular complexity index is 1040. The van der Waals surface area contributed by atoms with Crippen molar-refractivity contribution in [2.24, 2.45) is 0 Å². The quantitative estimate of drug-likeness (QED) is 0.472. The zero-order valence-corrected chi connectivity index (χ0v) is 14.4. The van der Waals surface area contributed by atoms with Gasteiger partial charge in [0.05, 0.1) is 18.5 Å². The van der Waals surface area contributed by atoms with E-state index in [-0.39, 0.29) is 5.75 Å². The van der Waals surface area contributed by atoms with Crippen LogP contribution in [0.4, 0.5) is 5.82 Å². The van der Waals surface area contributed by atoms with Gasteiger partial charge in [0.2, 0.25) is 0 Å². The minimum absolute atomic E-state index is 0.271. The largest absolute Gasteiger partial charge is 0.508 e. The van der Waals surface area contributed by atoms with Gasteiger partial charge in [0, 0.05) is 37.0 Å². The molecule has 3 N–H and O–H groups in total. The second-order valence-corrected chi connectivity index (χ2v) is 6.07. The first-order valence-corrected chi connectivity index (χ1v) is 8.44. The number of nitrogens with zero attached hydrogens (tertiary/aromatic N) is 4. The van der Waals surface area contributed by atoms with Crippen LogP contribution in [-0.4, -0.2) is 50.1 Å². The minimum Gasteiger partial charge on any atom is -0.508 e. The van der Waals surface area contributed by atoms with Gasteiger partial charge in [-0.25, -0.2) is 9.97 Å². The maximum Gasteiger partial charge on any atom is 0.186 e. The van der Waals surface area contributed by atoms with Crippen LogP contribution < -0.4 is 5.32 Å². The summed E-state index contributed by atoms with van der Waals surface area (Å²) in [6.45, 7) is 1.97. The van der Waals surface area contributed by atoms with Gasteiger partial charge < -0.3 is 20.1 Å². The van der Waals surface area contributed by atoms with E-state index >= 15 is 0 Å². The predicted octanol–water partition coefficient (Wildman–Crippen LogP) is 2.31. The predicted molar refractivity (Wildman–Crippen MR) is 99.4 cm³/mol. The van der Waals surface area contributed by atoms with Crippen molar-refractivity contribution in [1.82, 2.24) is 24.7 Å². The SMILES string of the molecule is COCCn1cc2c(NCCc3c[nH]c4ccc(O)cc34)ncnc2n1. The van der Waals surface area contributed by atoms with Crippen molar-refractivity contribution in [2.75, 3.05) is 25.6 Å². The average Bonchev–Trinajstić information content (AvgIpc) is 3.24. The first-order valence-electron chi connectivity index (χ1n) is 8.44. The Morgan fingerprint density at radius 1 is 1.27 bits per heavy atom. The van der Waals surface area contributed by atoms with E-state index in [1.165, 1.54) is 6.33 Å². The Balaban J connectivity index is 1.48. The molecule has 0 spiro atoms. The van der Waals surface area contributed by atoms with Crippen LogP contribution in [0.3, 0.4) is 0 Å². The van der Waals surface area contributed by atoms with E-state index in [9.17, 15) is 5.11 Å². The van der Waals surface area contributed by atoms with E-state index in [0.717, 1.165) is 34.1 Å². The summed E-state index contributed by atoms with van der Waals surface area (Å²) in [5, 5.41) is 19.4. The molecule has 0 atom stereocenters. The van der Waals surface area contributed by atoms with E-state index in [2.05, 4.69) is 25.4 Å². The third kappa shape index (κ3) is 3.18. The molecule has 8 heteroatoms. The molecule has 0 saturated heterocycles. The van der Waals surface area contributed by atoms with Gasteiger partial charge in [-0.05, 0) is 30.2 Å². The lowest BCUT2D eigenvalue weighted by atomic mass is 10.1. The lowest BCUT2D eigenvalue weighted by molar-refractivity contribution is 0.184. The number of nitrogens with one attached hydrogen (secondary N) is 2. The van der Waals surface area contributed by atoms with Gasteiger partial charge in [-0.3, -0.25) is 4.68 Å². The molecular formula is C18H20N6O2. The molecule has 3 heterocycles. The number of methoxy groups -OCH3 is 1. The smallest absolute Gasteiger partial charge is 0.186 e. The van der Waals surface area contributed by atoms with E-state index in [1.54, 1.807) is 19.2 Å². The summed E-state index contributed by atoms with van der Waals surface area (Å²) < 4.78 is 6.90. The number of phenols is 1. The summed E-state index contributed by atoms with van der Waals surface area (Å²) in [6, 6.07) is 5.34. The van der Waals surface area contributed by atoms with E-state index in [1.807, 2.05) is 23.1 Å². The molecule has 0 aliphatic carbocycles. The number of anilines is 1. The van der Waals surface area contributed by atoms with Crippen LogP contribution in [0.15, 0.2) is 36.9 Å². The molecule has 4 rings (SSSR count). The van der Waals surface area contributed by atoms with Crippen LogP contribution in [0.2, 0.25) is 0 Å². The molecule has 0 aliphatic rings. The Kier molecular flexibility index (Phi) is 4.40. The highest BCUT2D eigenvalue weighted by molar-refractivity contribution is 5.86. The van der Waals surface area contributed by atoms with Crippen LogP contribution >= 0.6 is 0 Å². The minimum atomic E-state index is 0.271. The van der Waals surface area contributed by atoms with Crippen molar-refractivity contribution in [3.8, 4) is 5.75 Å². The average molecular weight is 352 g/mol. The Hall–Kier alpha value is -3.13. The Morgan fingerprint density at radius 2 is 2.19 bits per heavy atom. The van der Waals surface area contributed by atoms with Crippen molar-refractivity contribution in [1.29, 1.82) is 0 Å². The zero-order valence-electron chi connectivity index (χ0n) is 14.4. The summed E-state index contributed by atoms with van der Waals surface area (Å²) in [7, 11) is 1.67. The number of ether oxygens (including phenoxy) is 1. The molecule has 0 radical (unpaired) electrons. The molecule has 0 fully saturated rings. The van der Waals surface area contributed by atoms with Crippen LogP contribution in [0.5, 0.6) is 5.75 Å². The molecular weight excluding hydrogens is 332 g/mol. The third-order valence-electron chi connectivity index (χ3n) is 4.33. The summed E-state index contributed by atoms with van der Waals surface area (Å²) in [6.07, 6.45) is 6.22. The van der Waals surface area contributed by atoms with Crippen molar-refractivity contribution in [3.05, 3.63) is 42.5 Å². The van der Waals surface area contributed by atoms with Crippen molar-refractivity contribution in [2.45, 2.75) is 13.0 Å². The number of benzene rings is 1. The fourth-order valence-electron chi connectivity index (χ4n) is 3.01. The molecule has 134 valence electrons. The molecule has 0 unspecified atom stereocenters. The highest BCUT2D eigenvalue weighted by atomic mass is 16.5. The van der Waals surface area contributed by atoms with Crippen LogP contribution in [0.25, 0.3) is 21.9 Å². The number of fused-ring (bicyclic) bond motifs is 2. The van der Waals surface area contributed by atoms with Gasteiger partial charge in [0.15, 0.2) is 5.65 Å². The lowest BCUT2D eigenvalue weighted by Crippen LogP contribution is -2.06. The van der Waals surface area contributed by atoms with Gasteiger partial charge in [0.1, 0.15) is 17.9 Å². The van der Waals surface area contributed by atoms with Gasteiger partial charge in [-0.2, -0.15) is 5.10 Å². The fourth-order valence-corrected chi connectivity index (χ4v) is 3.01. The van der Waals surface area contributed by atoms with Crippen LogP contribution in [0, 0.1) is 0 Å². The van der Waals surface area contributed by atoms with Gasteiger partial charge in [0.25, 0.3) is 0 Å². The topological polar surface area (TPSA) is 101 Å². The van der Waals surface area contributed by atoms with Crippen molar-refractivity contribution < 1.29 is 9.84 Å². The van der Waals surface area contributed by atoms with Gasteiger partial charge in [-0.1, -0.05) is 0 Å². The van der Waals surface area contributed by atoms with Gasteiger partial charge >= 0.3 is 0 Å². The van der Waals surface area contributed by atoms with Crippen LogP contribution in [0.1, 0.15) is 5.56 Å². The summed E-state index contributed by atoms with van der Waals surface area (Å²) in [5.41, 5.74) is 2.82. The normalized spacial score (nSPS) is 11.4. The molecule has 8 nitrogen and oxygen atoms in total. The van der Waals surface area contributed by atoms with Crippen molar-refractivity contribution in [3.63, 3.8) is 0 Å². The number of hydrogen-bond donors (Lipinski definition) is 3. The highest BCUT2D eigenvalue weighted by Gasteiger charge is 2.09. The number of hydrogen-bond acceptors (Lipinski definition) is 6. The lowest BCUT2D eigenvalue weighted by Gasteiger charge is -2.05. The number of phenolic OH excluding ortho intramolecular Hbond substituents is 1. The molecule has 0 saturated carbocycles. The monoisotopic (exact) mass is 352 g/mol. The molecule has 3 aromatic heterocycles. The number of rotatable bonds is 7. The zero-order chi connectivity index (χ0) is 17.9.